The molecule has 1 amide bonds. The SMILES string of the molecule is COc1cc2c(cc1OC)-c1c(c(C(=O)Nc3ccncc3)nn1C)C2. The Morgan fingerprint density at radius 1 is 1.15 bits per heavy atom. The summed E-state index contributed by atoms with van der Waals surface area (Å²) in [5.74, 6) is 1.10. The summed E-state index contributed by atoms with van der Waals surface area (Å²) in [6.45, 7) is 0. The molecule has 1 N–H and O–H groups in total. The lowest BCUT2D eigenvalue weighted by atomic mass is 10.1. The van der Waals surface area contributed by atoms with Gasteiger partial charge in [0, 0.05) is 42.7 Å². The fraction of sp³-hybridized carbons (Fsp3) is 0.211. The van der Waals surface area contributed by atoms with Crippen LogP contribution in [-0.2, 0) is 13.5 Å². The maximum absolute atomic E-state index is 12.7. The quantitative estimate of drug-likeness (QED) is 0.612. The fourth-order valence-electron chi connectivity index (χ4n) is 3.36. The number of hydrogen-bond donors (Lipinski definition) is 1. The number of rotatable bonds is 4. The van der Waals surface area contributed by atoms with Crippen molar-refractivity contribution >= 4 is 11.6 Å². The summed E-state index contributed by atoms with van der Waals surface area (Å²) >= 11 is 0. The molecule has 0 fully saturated rings. The molecule has 2 heterocycles. The van der Waals surface area contributed by atoms with Gasteiger partial charge >= 0.3 is 0 Å². The number of fused-ring (bicyclic) bond motifs is 3. The van der Waals surface area contributed by atoms with Crippen molar-refractivity contribution < 1.29 is 14.3 Å². The molecular formula is C19H18N4O3. The van der Waals surface area contributed by atoms with Gasteiger partial charge in [0.25, 0.3) is 5.91 Å². The minimum absolute atomic E-state index is 0.236. The van der Waals surface area contributed by atoms with E-state index in [-0.39, 0.29) is 5.91 Å². The number of aromatic nitrogens is 3. The summed E-state index contributed by atoms with van der Waals surface area (Å²) in [5, 5.41) is 7.31. The van der Waals surface area contributed by atoms with Crippen molar-refractivity contribution in [3.8, 4) is 22.8 Å². The van der Waals surface area contributed by atoms with E-state index in [4.69, 9.17) is 9.47 Å². The van der Waals surface area contributed by atoms with Crippen molar-refractivity contribution in [1.29, 1.82) is 0 Å². The molecule has 0 unspecified atom stereocenters. The van der Waals surface area contributed by atoms with Crippen LogP contribution in [0.25, 0.3) is 11.3 Å². The monoisotopic (exact) mass is 350 g/mol. The molecule has 7 heteroatoms. The van der Waals surface area contributed by atoms with Gasteiger partial charge in [0.2, 0.25) is 0 Å². The predicted molar refractivity (Wildman–Crippen MR) is 96.7 cm³/mol. The van der Waals surface area contributed by atoms with Crippen LogP contribution >= 0.6 is 0 Å². The molecular weight excluding hydrogens is 332 g/mol. The van der Waals surface area contributed by atoms with E-state index in [9.17, 15) is 4.79 Å². The molecule has 0 saturated carbocycles. The third-order valence-electron chi connectivity index (χ3n) is 4.53. The number of ether oxygens (including phenoxy) is 2. The first-order chi connectivity index (χ1) is 12.6. The van der Waals surface area contributed by atoms with Crippen molar-refractivity contribution in [2.24, 2.45) is 7.05 Å². The molecule has 0 saturated heterocycles. The number of anilines is 1. The highest BCUT2D eigenvalue weighted by Gasteiger charge is 2.31. The first kappa shape index (κ1) is 16.1. The van der Waals surface area contributed by atoms with Crippen LogP contribution in [0.5, 0.6) is 11.5 Å². The van der Waals surface area contributed by atoms with Gasteiger partial charge in [0.1, 0.15) is 0 Å². The Hall–Kier alpha value is -3.35. The Morgan fingerprint density at radius 3 is 2.54 bits per heavy atom. The number of carbonyl (C=O) groups is 1. The Balaban J connectivity index is 1.74. The third kappa shape index (κ3) is 2.48. The van der Waals surface area contributed by atoms with Crippen LogP contribution in [0.2, 0.25) is 0 Å². The van der Waals surface area contributed by atoms with Gasteiger partial charge in [-0.05, 0) is 29.8 Å². The molecule has 3 aromatic rings. The van der Waals surface area contributed by atoms with Crippen LogP contribution in [-0.4, -0.2) is 34.9 Å². The van der Waals surface area contributed by atoms with E-state index in [0.717, 1.165) is 22.4 Å². The van der Waals surface area contributed by atoms with E-state index in [1.54, 1.807) is 43.4 Å². The number of amides is 1. The van der Waals surface area contributed by atoms with Gasteiger partial charge in [-0.3, -0.25) is 14.5 Å². The molecule has 132 valence electrons. The first-order valence-corrected chi connectivity index (χ1v) is 8.15. The summed E-state index contributed by atoms with van der Waals surface area (Å²) in [7, 11) is 5.06. The Bertz CT molecular complexity index is 996. The van der Waals surface area contributed by atoms with E-state index in [1.165, 1.54) is 0 Å². The van der Waals surface area contributed by atoms with Crippen LogP contribution in [0.1, 0.15) is 21.6 Å². The summed E-state index contributed by atoms with van der Waals surface area (Å²) in [5.41, 5.74) is 5.04. The average molecular weight is 350 g/mol. The lowest BCUT2D eigenvalue weighted by Gasteiger charge is -2.11. The zero-order valence-electron chi connectivity index (χ0n) is 14.7. The number of methoxy groups -OCH3 is 2. The minimum Gasteiger partial charge on any atom is -0.493 e. The normalized spacial score (nSPS) is 11.7. The fourth-order valence-corrected chi connectivity index (χ4v) is 3.36. The summed E-state index contributed by atoms with van der Waals surface area (Å²) < 4.78 is 12.5. The summed E-state index contributed by atoms with van der Waals surface area (Å²) in [6.07, 6.45) is 3.89. The molecule has 4 rings (SSSR count). The Kier molecular flexibility index (Phi) is 3.84. The maximum Gasteiger partial charge on any atom is 0.276 e. The van der Waals surface area contributed by atoms with E-state index in [1.807, 2.05) is 19.2 Å². The highest BCUT2D eigenvalue weighted by Crippen LogP contribution is 2.43. The van der Waals surface area contributed by atoms with Crippen molar-refractivity contribution in [3.05, 3.63) is 53.5 Å². The van der Waals surface area contributed by atoms with Gasteiger partial charge < -0.3 is 14.8 Å². The predicted octanol–water partition coefficient (Wildman–Crippen LogP) is 2.66. The summed E-state index contributed by atoms with van der Waals surface area (Å²) in [4.78, 5) is 16.7. The summed E-state index contributed by atoms with van der Waals surface area (Å²) in [6, 6.07) is 7.38. The zero-order valence-corrected chi connectivity index (χ0v) is 14.7. The highest BCUT2D eigenvalue weighted by atomic mass is 16.5. The number of pyridine rings is 1. The van der Waals surface area contributed by atoms with E-state index < -0.39 is 0 Å². The molecule has 0 atom stereocenters. The third-order valence-corrected chi connectivity index (χ3v) is 4.53. The van der Waals surface area contributed by atoms with Gasteiger partial charge in [0.05, 0.1) is 19.9 Å². The number of aryl methyl sites for hydroxylation is 1. The number of nitrogens with one attached hydrogen (secondary N) is 1. The molecule has 0 radical (unpaired) electrons. The lowest BCUT2D eigenvalue weighted by molar-refractivity contribution is 0.102. The minimum atomic E-state index is -0.236. The molecule has 0 spiro atoms. The number of nitrogens with zero attached hydrogens (tertiary/aromatic N) is 3. The lowest BCUT2D eigenvalue weighted by Crippen LogP contribution is -2.14. The number of benzene rings is 1. The molecule has 2 aromatic heterocycles. The van der Waals surface area contributed by atoms with Gasteiger partial charge in [-0.1, -0.05) is 0 Å². The van der Waals surface area contributed by atoms with Crippen LogP contribution in [0.15, 0.2) is 36.7 Å². The van der Waals surface area contributed by atoms with Gasteiger partial charge in [-0.15, -0.1) is 0 Å². The molecule has 1 aliphatic carbocycles. The van der Waals surface area contributed by atoms with Crippen LogP contribution < -0.4 is 14.8 Å². The number of hydrogen-bond acceptors (Lipinski definition) is 5. The van der Waals surface area contributed by atoms with Crippen molar-refractivity contribution in [3.63, 3.8) is 0 Å². The van der Waals surface area contributed by atoms with Gasteiger partial charge in [-0.2, -0.15) is 5.10 Å². The average Bonchev–Trinajstić information content (AvgIpc) is 3.18. The zero-order chi connectivity index (χ0) is 18.3. The molecule has 0 aliphatic heterocycles. The molecule has 7 nitrogen and oxygen atoms in total. The first-order valence-electron chi connectivity index (χ1n) is 8.15. The van der Waals surface area contributed by atoms with Crippen LogP contribution in [0, 0.1) is 0 Å². The van der Waals surface area contributed by atoms with Gasteiger partial charge in [-0.25, -0.2) is 0 Å². The van der Waals surface area contributed by atoms with Crippen LogP contribution in [0.3, 0.4) is 0 Å². The van der Waals surface area contributed by atoms with E-state index in [2.05, 4.69) is 15.4 Å². The smallest absolute Gasteiger partial charge is 0.276 e. The second-order valence-electron chi connectivity index (χ2n) is 6.03. The van der Waals surface area contributed by atoms with Crippen LogP contribution in [0.4, 0.5) is 5.69 Å². The molecule has 1 aromatic carbocycles. The van der Waals surface area contributed by atoms with E-state index >= 15 is 0 Å². The topological polar surface area (TPSA) is 78.3 Å². The Labute approximate surface area is 150 Å². The van der Waals surface area contributed by atoms with E-state index in [0.29, 0.717) is 29.3 Å². The van der Waals surface area contributed by atoms with Gasteiger partial charge in [0.15, 0.2) is 17.2 Å². The highest BCUT2D eigenvalue weighted by molar-refractivity contribution is 6.05. The Morgan fingerprint density at radius 2 is 1.85 bits per heavy atom. The van der Waals surface area contributed by atoms with Crippen molar-refractivity contribution in [1.82, 2.24) is 14.8 Å². The standard InChI is InChI=1S/C19H18N4O3/c1-23-18-13-10-16(26-3)15(25-2)9-11(13)8-14(18)17(22-23)19(24)21-12-4-6-20-7-5-12/h4-7,9-10H,8H2,1-3H3,(H,20,21,24). The maximum atomic E-state index is 12.7. The second-order valence-corrected chi connectivity index (χ2v) is 6.03. The molecule has 26 heavy (non-hydrogen) atoms. The second kappa shape index (κ2) is 6.18. The van der Waals surface area contributed by atoms with Crippen molar-refractivity contribution in [2.45, 2.75) is 6.42 Å². The number of carbonyl (C=O) groups excluding carboxylic acids is 1. The largest absolute Gasteiger partial charge is 0.493 e. The van der Waals surface area contributed by atoms with Crippen molar-refractivity contribution in [2.75, 3.05) is 19.5 Å². The molecule has 0 bridgehead atoms. The molecule has 1 aliphatic rings.